The van der Waals surface area contributed by atoms with Crippen molar-refractivity contribution < 1.29 is 17.7 Å². The maximum absolute atomic E-state index is 11.9. The Morgan fingerprint density at radius 3 is 2.29 bits per heavy atom. The van der Waals surface area contributed by atoms with E-state index in [2.05, 4.69) is 0 Å². The van der Waals surface area contributed by atoms with Crippen LogP contribution in [0.3, 0.4) is 0 Å². The second-order valence-corrected chi connectivity index (χ2v) is 6.46. The lowest BCUT2D eigenvalue weighted by Crippen LogP contribution is -2.46. The molecule has 1 saturated carbocycles. The smallest absolute Gasteiger partial charge is 0.297 e. The third kappa shape index (κ3) is 2.86. The zero-order valence-electron chi connectivity index (χ0n) is 9.88. The molecule has 1 aliphatic rings. The van der Waals surface area contributed by atoms with E-state index in [9.17, 15) is 13.5 Å². The molecule has 1 aromatic carbocycles. The quantitative estimate of drug-likeness (QED) is 0.835. The van der Waals surface area contributed by atoms with Crippen molar-refractivity contribution in [2.45, 2.75) is 43.3 Å². The van der Waals surface area contributed by atoms with Gasteiger partial charge in [-0.3, -0.25) is 4.18 Å². The van der Waals surface area contributed by atoms with Crippen molar-refractivity contribution in [3.05, 3.63) is 29.8 Å². The first-order valence-electron chi connectivity index (χ1n) is 5.51. The number of hydrogen-bond donors (Lipinski definition) is 1. The molecule has 1 aliphatic carbocycles. The number of aryl methyl sites for hydroxylation is 1. The zero-order valence-corrected chi connectivity index (χ0v) is 10.7. The van der Waals surface area contributed by atoms with Crippen LogP contribution in [0, 0.1) is 6.92 Å². The van der Waals surface area contributed by atoms with Gasteiger partial charge in [-0.05, 0) is 26.0 Å². The summed E-state index contributed by atoms with van der Waals surface area (Å²) in [6.07, 6.45) is 0.312. The summed E-state index contributed by atoms with van der Waals surface area (Å²) in [6.45, 7) is 3.56. The van der Waals surface area contributed by atoms with Gasteiger partial charge in [-0.15, -0.1) is 0 Å². The van der Waals surface area contributed by atoms with E-state index < -0.39 is 21.8 Å². The van der Waals surface area contributed by atoms with Gasteiger partial charge in [-0.25, -0.2) is 0 Å². The summed E-state index contributed by atoms with van der Waals surface area (Å²) >= 11 is 0. The third-order valence-electron chi connectivity index (χ3n) is 2.91. The molecular weight excluding hydrogens is 240 g/mol. The van der Waals surface area contributed by atoms with Gasteiger partial charge in [-0.1, -0.05) is 17.7 Å². The van der Waals surface area contributed by atoms with Crippen LogP contribution in [-0.4, -0.2) is 25.2 Å². The van der Waals surface area contributed by atoms with E-state index in [-0.39, 0.29) is 4.90 Å². The van der Waals surface area contributed by atoms with Gasteiger partial charge in [0.25, 0.3) is 10.1 Å². The van der Waals surface area contributed by atoms with Crippen LogP contribution in [0.1, 0.15) is 25.3 Å². The maximum atomic E-state index is 11.9. The van der Waals surface area contributed by atoms with Crippen LogP contribution in [0.2, 0.25) is 0 Å². The highest BCUT2D eigenvalue weighted by atomic mass is 32.2. The second-order valence-electron chi connectivity index (χ2n) is 4.89. The van der Waals surface area contributed by atoms with Gasteiger partial charge >= 0.3 is 0 Å². The highest BCUT2D eigenvalue weighted by molar-refractivity contribution is 7.86. The highest BCUT2D eigenvalue weighted by Crippen LogP contribution is 2.35. The monoisotopic (exact) mass is 256 g/mol. The summed E-state index contributed by atoms with van der Waals surface area (Å²) < 4.78 is 28.8. The van der Waals surface area contributed by atoms with Crippen LogP contribution < -0.4 is 0 Å². The van der Waals surface area contributed by atoms with Gasteiger partial charge in [0.15, 0.2) is 0 Å². The van der Waals surface area contributed by atoms with E-state index in [0.717, 1.165) is 5.56 Å². The van der Waals surface area contributed by atoms with Crippen LogP contribution in [0.5, 0.6) is 0 Å². The highest BCUT2D eigenvalue weighted by Gasteiger charge is 2.41. The third-order valence-corrected chi connectivity index (χ3v) is 4.28. The topological polar surface area (TPSA) is 63.6 Å². The van der Waals surface area contributed by atoms with Gasteiger partial charge in [0, 0.05) is 12.8 Å². The molecule has 2 rings (SSSR count). The summed E-state index contributed by atoms with van der Waals surface area (Å²) in [5.41, 5.74) is 0.212. The Balaban J connectivity index is 2.07. The van der Waals surface area contributed by atoms with Crippen molar-refractivity contribution in [2.24, 2.45) is 0 Å². The Labute approximate surface area is 101 Å². The largest absolute Gasteiger partial charge is 0.390 e. The van der Waals surface area contributed by atoms with Gasteiger partial charge in [0.05, 0.1) is 16.6 Å². The Morgan fingerprint density at radius 1 is 1.29 bits per heavy atom. The van der Waals surface area contributed by atoms with Gasteiger partial charge in [0.2, 0.25) is 0 Å². The number of rotatable bonds is 3. The summed E-state index contributed by atoms with van der Waals surface area (Å²) in [5, 5.41) is 9.51. The molecule has 0 spiro atoms. The first-order valence-corrected chi connectivity index (χ1v) is 6.92. The molecule has 0 amide bonds. The minimum Gasteiger partial charge on any atom is -0.390 e. The van der Waals surface area contributed by atoms with Crippen molar-refractivity contribution in [3.63, 3.8) is 0 Å². The number of aliphatic hydroxyl groups is 1. The fourth-order valence-electron chi connectivity index (χ4n) is 1.93. The van der Waals surface area contributed by atoms with Crippen molar-refractivity contribution in [3.8, 4) is 0 Å². The molecule has 0 heterocycles. The lowest BCUT2D eigenvalue weighted by molar-refractivity contribution is -0.0868. The summed E-state index contributed by atoms with van der Waals surface area (Å²) in [6, 6.07) is 6.52. The normalized spacial score (nSPS) is 28.8. The molecule has 0 bridgehead atoms. The summed E-state index contributed by atoms with van der Waals surface area (Å²) in [4.78, 5) is 0.162. The lowest BCUT2D eigenvalue weighted by atomic mass is 9.79. The molecule has 4 nitrogen and oxygen atoms in total. The predicted molar refractivity (Wildman–Crippen MR) is 63.1 cm³/mol. The van der Waals surface area contributed by atoms with E-state index in [4.69, 9.17) is 4.18 Å². The Kier molecular flexibility index (Phi) is 3.01. The minimum atomic E-state index is -3.70. The molecule has 5 heteroatoms. The van der Waals surface area contributed by atoms with E-state index in [1.54, 1.807) is 19.1 Å². The Morgan fingerprint density at radius 2 is 1.82 bits per heavy atom. The molecule has 94 valence electrons. The Bertz CT molecular complexity index is 494. The van der Waals surface area contributed by atoms with E-state index in [1.807, 2.05) is 6.92 Å². The number of hydrogen-bond acceptors (Lipinski definition) is 4. The standard InChI is InChI=1S/C12H16O4S/c1-9-3-5-11(6-4-9)17(14,15)16-10-7-12(2,13)8-10/h3-6,10,13H,7-8H2,1-2H3/t10-,12+. The molecule has 1 N–H and O–H groups in total. The maximum Gasteiger partial charge on any atom is 0.297 e. The van der Waals surface area contributed by atoms with Crippen LogP contribution in [0.25, 0.3) is 0 Å². The molecule has 0 unspecified atom stereocenters. The summed E-state index contributed by atoms with van der Waals surface area (Å²) in [5.74, 6) is 0. The molecule has 1 aromatic rings. The SMILES string of the molecule is Cc1ccc(S(=O)(=O)O[C@H]2C[C@@](C)(O)C2)cc1. The minimum absolute atomic E-state index is 0.162. The molecule has 0 radical (unpaired) electrons. The van der Waals surface area contributed by atoms with E-state index >= 15 is 0 Å². The average Bonchev–Trinajstić information content (AvgIpc) is 2.14. The van der Waals surface area contributed by atoms with Crippen molar-refractivity contribution in [2.75, 3.05) is 0 Å². The van der Waals surface area contributed by atoms with Gasteiger partial charge in [0.1, 0.15) is 0 Å². The average molecular weight is 256 g/mol. The molecule has 0 aliphatic heterocycles. The van der Waals surface area contributed by atoms with Crippen LogP contribution in [0.4, 0.5) is 0 Å². The van der Waals surface area contributed by atoms with Crippen LogP contribution >= 0.6 is 0 Å². The molecule has 0 aromatic heterocycles. The summed E-state index contributed by atoms with van der Waals surface area (Å²) in [7, 11) is -3.70. The predicted octanol–water partition coefficient (Wildman–Crippen LogP) is 1.61. The van der Waals surface area contributed by atoms with Crippen LogP contribution in [0.15, 0.2) is 29.2 Å². The fraction of sp³-hybridized carbons (Fsp3) is 0.500. The van der Waals surface area contributed by atoms with E-state index in [1.165, 1.54) is 12.1 Å². The van der Waals surface area contributed by atoms with Crippen molar-refractivity contribution in [1.82, 2.24) is 0 Å². The van der Waals surface area contributed by atoms with Crippen LogP contribution in [-0.2, 0) is 14.3 Å². The fourth-order valence-corrected chi connectivity index (χ4v) is 3.00. The molecule has 17 heavy (non-hydrogen) atoms. The number of benzene rings is 1. The van der Waals surface area contributed by atoms with E-state index in [0.29, 0.717) is 12.8 Å². The first kappa shape index (κ1) is 12.5. The second kappa shape index (κ2) is 4.08. The zero-order chi connectivity index (χ0) is 12.7. The molecule has 0 saturated heterocycles. The Hall–Kier alpha value is -0.910. The first-order chi connectivity index (χ1) is 7.78. The lowest BCUT2D eigenvalue weighted by Gasteiger charge is -2.39. The molecular formula is C12H16O4S. The molecule has 1 fully saturated rings. The van der Waals surface area contributed by atoms with Gasteiger partial charge < -0.3 is 5.11 Å². The van der Waals surface area contributed by atoms with Gasteiger partial charge in [-0.2, -0.15) is 8.42 Å². The van der Waals surface area contributed by atoms with Crippen molar-refractivity contribution in [1.29, 1.82) is 0 Å². The molecule has 0 atom stereocenters. The van der Waals surface area contributed by atoms with Crippen molar-refractivity contribution >= 4 is 10.1 Å².